The first-order chi connectivity index (χ1) is 12.0. The number of ether oxygens (including phenoxy) is 2. The molecule has 1 aliphatic rings. The van der Waals surface area contributed by atoms with Gasteiger partial charge in [-0.3, -0.25) is 9.69 Å². The van der Waals surface area contributed by atoms with E-state index in [-0.39, 0.29) is 11.3 Å². The summed E-state index contributed by atoms with van der Waals surface area (Å²) in [5.41, 5.74) is 1.69. The first-order valence-corrected chi connectivity index (χ1v) is 9.55. The largest absolute Gasteiger partial charge is 0.491 e. The molecule has 1 saturated heterocycles. The Hall–Kier alpha value is -1.56. The molecule has 25 heavy (non-hydrogen) atoms. The summed E-state index contributed by atoms with van der Waals surface area (Å²) in [6.07, 6.45) is 0. The smallest absolute Gasteiger partial charge is 0.238 e. The average molecular weight is 398 g/mol. The second-order valence-corrected chi connectivity index (χ2v) is 7.28. The molecule has 1 aliphatic heterocycles. The molecule has 132 valence electrons. The van der Waals surface area contributed by atoms with Gasteiger partial charge >= 0.3 is 0 Å². The van der Waals surface area contributed by atoms with E-state index in [1.165, 1.54) is 0 Å². The monoisotopic (exact) mass is 397 g/mol. The van der Waals surface area contributed by atoms with Crippen molar-refractivity contribution < 1.29 is 14.3 Å². The molecule has 4 nitrogen and oxygen atoms in total. The van der Waals surface area contributed by atoms with Gasteiger partial charge in [-0.25, -0.2) is 0 Å². The minimum Gasteiger partial charge on any atom is -0.491 e. The molecule has 0 N–H and O–H groups in total. The normalized spacial score (nSPS) is 17.0. The highest BCUT2D eigenvalue weighted by Crippen LogP contribution is 2.46. The molecule has 1 heterocycles. The molecule has 1 atom stereocenters. The van der Waals surface area contributed by atoms with Gasteiger partial charge in [0.1, 0.15) is 5.37 Å². The van der Waals surface area contributed by atoms with E-state index in [4.69, 9.17) is 32.7 Å². The highest BCUT2D eigenvalue weighted by atomic mass is 35.5. The molecule has 0 radical (unpaired) electrons. The molecule has 0 saturated carbocycles. The van der Waals surface area contributed by atoms with Gasteiger partial charge in [-0.15, -0.1) is 11.8 Å². The van der Waals surface area contributed by atoms with E-state index in [1.807, 2.05) is 31.2 Å². The van der Waals surface area contributed by atoms with Gasteiger partial charge in [-0.05, 0) is 48.9 Å². The summed E-state index contributed by atoms with van der Waals surface area (Å²) in [5.74, 6) is 1.52. The van der Waals surface area contributed by atoms with E-state index in [2.05, 4.69) is 0 Å². The van der Waals surface area contributed by atoms with Crippen molar-refractivity contribution in [2.45, 2.75) is 12.3 Å². The summed E-state index contributed by atoms with van der Waals surface area (Å²) in [5, 5.41) is 0.904. The van der Waals surface area contributed by atoms with E-state index >= 15 is 0 Å². The van der Waals surface area contributed by atoms with Gasteiger partial charge in [0, 0.05) is 10.7 Å². The minimum absolute atomic E-state index is 0.0437. The van der Waals surface area contributed by atoms with Crippen LogP contribution in [0.2, 0.25) is 10.0 Å². The average Bonchev–Trinajstić information content (AvgIpc) is 2.97. The van der Waals surface area contributed by atoms with Crippen LogP contribution in [0.25, 0.3) is 0 Å². The molecule has 0 aromatic heterocycles. The number of benzene rings is 2. The van der Waals surface area contributed by atoms with Crippen LogP contribution in [-0.2, 0) is 4.79 Å². The number of methoxy groups -OCH3 is 1. The van der Waals surface area contributed by atoms with Gasteiger partial charge in [0.05, 0.1) is 24.5 Å². The maximum absolute atomic E-state index is 12.4. The number of hydrogen-bond acceptors (Lipinski definition) is 4. The summed E-state index contributed by atoms with van der Waals surface area (Å²) in [4.78, 5) is 14.2. The van der Waals surface area contributed by atoms with Gasteiger partial charge in [0.15, 0.2) is 11.5 Å². The molecule has 1 amide bonds. The number of hydrogen-bond donors (Lipinski definition) is 0. The van der Waals surface area contributed by atoms with Crippen LogP contribution in [0, 0.1) is 0 Å². The Bertz CT molecular complexity index is 783. The van der Waals surface area contributed by atoms with E-state index in [1.54, 1.807) is 35.9 Å². The molecule has 2 aromatic rings. The van der Waals surface area contributed by atoms with Gasteiger partial charge in [-0.1, -0.05) is 23.2 Å². The van der Waals surface area contributed by atoms with E-state index in [0.717, 1.165) is 11.3 Å². The van der Waals surface area contributed by atoms with Gasteiger partial charge in [0.25, 0.3) is 0 Å². The molecule has 1 fully saturated rings. The molecular formula is C18H17Cl2NO3S. The van der Waals surface area contributed by atoms with Gasteiger partial charge in [-0.2, -0.15) is 0 Å². The molecule has 0 aliphatic carbocycles. The zero-order valence-electron chi connectivity index (χ0n) is 13.8. The van der Waals surface area contributed by atoms with Crippen molar-refractivity contribution in [3.05, 3.63) is 52.0 Å². The van der Waals surface area contributed by atoms with Crippen LogP contribution < -0.4 is 14.4 Å². The summed E-state index contributed by atoms with van der Waals surface area (Å²) < 4.78 is 11.0. The second kappa shape index (κ2) is 7.77. The number of thioether (sulfide) groups is 1. The van der Waals surface area contributed by atoms with Crippen LogP contribution in [0.15, 0.2) is 36.4 Å². The number of anilines is 1. The van der Waals surface area contributed by atoms with Crippen LogP contribution >= 0.6 is 35.0 Å². The Morgan fingerprint density at radius 1 is 1.24 bits per heavy atom. The van der Waals surface area contributed by atoms with Gasteiger partial charge in [0.2, 0.25) is 5.91 Å². The molecule has 3 rings (SSSR count). The number of amides is 1. The fraction of sp³-hybridized carbons (Fsp3) is 0.278. The van der Waals surface area contributed by atoms with Crippen molar-refractivity contribution in [2.75, 3.05) is 24.4 Å². The fourth-order valence-electron chi connectivity index (χ4n) is 2.74. The van der Waals surface area contributed by atoms with Gasteiger partial charge < -0.3 is 9.47 Å². The van der Waals surface area contributed by atoms with Crippen molar-refractivity contribution in [1.82, 2.24) is 0 Å². The number of halogens is 2. The third-order valence-corrected chi connectivity index (χ3v) is 5.54. The standard InChI is InChI=1S/C18H17Cl2NO3S/c1-3-24-15-9-11(8-14(20)17(15)23-2)18-21(16(22)10-25-18)13-6-4-12(19)5-7-13/h4-9,18H,3,10H2,1-2H3/t18-/m1/s1. The topological polar surface area (TPSA) is 38.8 Å². The van der Waals surface area contributed by atoms with Crippen molar-refractivity contribution >= 4 is 46.6 Å². The Morgan fingerprint density at radius 2 is 1.96 bits per heavy atom. The number of nitrogens with zero attached hydrogens (tertiary/aromatic N) is 1. The third-order valence-electron chi connectivity index (χ3n) is 3.79. The maximum Gasteiger partial charge on any atom is 0.238 e. The van der Waals surface area contributed by atoms with Crippen LogP contribution in [0.1, 0.15) is 17.9 Å². The van der Waals surface area contributed by atoms with E-state index in [9.17, 15) is 4.79 Å². The van der Waals surface area contributed by atoms with Crippen LogP contribution in [0.5, 0.6) is 11.5 Å². The van der Waals surface area contributed by atoms with Crippen LogP contribution in [0.3, 0.4) is 0 Å². The second-order valence-electron chi connectivity index (χ2n) is 5.37. The Morgan fingerprint density at radius 3 is 2.60 bits per heavy atom. The van der Waals surface area contributed by atoms with E-state index < -0.39 is 0 Å². The minimum atomic E-state index is -0.184. The van der Waals surface area contributed by atoms with Crippen molar-refractivity contribution in [2.24, 2.45) is 0 Å². The lowest BCUT2D eigenvalue weighted by Gasteiger charge is -2.25. The SMILES string of the molecule is CCOc1cc([C@H]2SCC(=O)N2c2ccc(Cl)cc2)cc(Cl)c1OC. The molecule has 7 heteroatoms. The Labute approximate surface area is 161 Å². The number of carbonyl (C=O) groups is 1. The maximum atomic E-state index is 12.4. The molecule has 2 aromatic carbocycles. The summed E-state index contributed by atoms with van der Waals surface area (Å²) in [7, 11) is 1.55. The molecule has 0 spiro atoms. The first-order valence-electron chi connectivity index (χ1n) is 7.74. The lowest BCUT2D eigenvalue weighted by Crippen LogP contribution is -2.27. The quantitative estimate of drug-likeness (QED) is 0.696. The van der Waals surface area contributed by atoms with Crippen molar-refractivity contribution in [1.29, 1.82) is 0 Å². The predicted octanol–water partition coefficient (Wildman–Crippen LogP) is 5.18. The lowest BCUT2D eigenvalue weighted by molar-refractivity contribution is -0.115. The fourth-order valence-corrected chi connectivity index (χ4v) is 4.32. The predicted molar refractivity (Wildman–Crippen MR) is 103 cm³/mol. The molecule has 0 bridgehead atoms. The third kappa shape index (κ3) is 3.68. The summed E-state index contributed by atoms with van der Waals surface area (Å²) in [6.45, 7) is 2.39. The zero-order chi connectivity index (χ0) is 18.0. The lowest BCUT2D eigenvalue weighted by atomic mass is 10.1. The Balaban J connectivity index is 2.02. The number of carbonyl (C=O) groups excluding carboxylic acids is 1. The van der Waals surface area contributed by atoms with Crippen molar-refractivity contribution in [3.63, 3.8) is 0 Å². The first kappa shape index (κ1) is 18.2. The Kier molecular flexibility index (Phi) is 5.67. The molecular weight excluding hydrogens is 381 g/mol. The highest BCUT2D eigenvalue weighted by molar-refractivity contribution is 8.00. The molecule has 0 unspecified atom stereocenters. The van der Waals surface area contributed by atoms with Crippen molar-refractivity contribution in [3.8, 4) is 11.5 Å². The summed E-state index contributed by atoms with van der Waals surface area (Å²) in [6, 6.07) is 10.9. The number of rotatable bonds is 5. The van der Waals surface area contributed by atoms with Crippen LogP contribution in [-0.4, -0.2) is 25.4 Å². The summed E-state index contributed by atoms with van der Waals surface area (Å²) >= 11 is 13.9. The zero-order valence-corrected chi connectivity index (χ0v) is 16.1. The highest BCUT2D eigenvalue weighted by Gasteiger charge is 2.35. The van der Waals surface area contributed by atoms with Crippen LogP contribution in [0.4, 0.5) is 5.69 Å². The van der Waals surface area contributed by atoms with E-state index in [0.29, 0.717) is 33.9 Å².